The number of alkyl halides is 3. The Morgan fingerprint density at radius 1 is 1.24 bits per heavy atom. The molecule has 2 amide bonds. The first-order valence-corrected chi connectivity index (χ1v) is 8.96. The third-order valence-corrected chi connectivity index (χ3v) is 4.76. The van der Waals surface area contributed by atoms with E-state index in [-0.39, 0.29) is 17.5 Å². The number of H-pyrrole nitrogens is 1. The summed E-state index contributed by atoms with van der Waals surface area (Å²) in [6.45, 7) is -0.417. The average Bonchev–Trinajstić information content (AvgIpc) is 3.21. The Kier molecular flexibility index (Phi) is 5.87. The molecule has 2 N–H and O–H groups in total. The molecule has 1 aromatic heterocycles. The predicted molar refractivity (Wildman–Crippen MR) is 96.0 cm³/mol. The van der Waals surface area contributed by atoms with Gasteiger partial charge in [-0.25, -0.2) is 0 Å². The van der Waals surface area contributed by atoms with Gasteiger partial charge in [0.25, 0.3) is 11.8 Å². The summed E-state index contributed by atoms with van der Waals surface area (Å²) in [6, 6.07) is 9.88. The number of carbonyl (C=O) groups is 2. The van der Waals surface area contributed by atoms with Crippen molar-refractivity contribution in [1.29, 1.82) is 5.26 Å². The SMILES string of the molecule is N#Cc1ccc(C(=O)N2CCC(c3cc(C(=O)NCC(F)(F)F)n[nH]3)CC2)cc1. The number of piperidine rings is 1. The normalized spacial score (nSPS) is 15.0. The molecule has 0 atom stereocenters. The highest BCUT2D eigenvalue weighted by Crippen LogP contribution is 2.28. The number of hydrogen-bond donors (Lipinski definition) is 2. The molecule has 152 valence electrons. The standard InChI is InChI=1S/C19H18F3N5O2/c20-19(21,22)11-24-17(28)16-9-15(25-26-16)13-5-7-27(8-6-13)18(29)14-3-1-12(10-23)2-4-14/h1-4,9,13H,5-8,11H2,(H,24,28)(H,25,26). The smallest absolute Gasteiger partial charge is 0.342 e. The molecule has 2 aromatic rings. The van der Waals surface area contributed by atoms with E-state index in [2.05, 4.69) is 10.2 Å². The van der Waals surface area contributed by atoms with Gasteiger partial charge in [-0.2, -0.15) is 23.5 Å². The van der Waals surface area contributed by atoms with Gasteiger partial charge in [0.2, 0.25) is 0 Å². The highest BCUT2D eigenvalue weighted by molar-refractivity contribution is 5.94. The second-order valence-corrected chi connectivity index (χ2v) is 6.76. The number of rotatable bonds is 4. The van der Waals surface area contributed by atoms with Crippen LogP contribution in [0.25, 0.3) is 0 Å². The number of aromatic nitrogens is 2. The summed E-state index contributed by atoms with van der Waals surface area (Å²) in [5.74, 6) is -0.986. The number of hydrogen-bond acceptors (Lipinski definition) is 4. The van der Waals surface area contributed by atoms with Crippen LogP contribution in [0.4, 0.5) is 13.2 Å². The summed E-state index contributed by atoms with van der Waals surface area (Å²) in [4.78, 5) is 26.0. The summed E-state index contributed by atoms with van der Waals surface area (Å²) in [5, 5.41) is 17.1. The lowest BCUT2D eigenvalue weighted by Gasteiger charge is -2.31. The van der Waals surface area contributed by atoms with E-state index < -0.39 is 18.6 Å². The number of nitriles is 1. The minimum Gasteiger partial charge on any atom is -0.342 e. The topological polar surface area (TPSA) is 102 Å². The van der Waals surface area contributed by atoms with Crippen LogP contribution >= 0.6 is 0 Å². The van der Waals surface area contributed by atoms with Crippen molar-refractivity contribution in [1.82, 2.24) is 20.4 Å². The number of halogens is 3. The van der Waals surface area contributed by atoms with Crippen molar-refractivity contribution in [2.24, 2.45) is 0 Å². The second kappa shape index (κ2) is 8.34. The molecule has 0 saturated carbocycles. The van der Waals surface area contributed by atoms with Crippen LogP contribution in [0.2, 0.25) is 0 Å². The van der Waals surface area contributed by atoms with Crippen LogP contribution in [-0.2, 0) is 0 Å². The lowest BCUT2D eigenvalue weighted by Crippen LogP contribution is -2.38. The molecule has 0 bridgehead atoms. The molecule has 1 fully saturated rings. The van der Waals surface area contributed by atoms with Gasteiger partial charge >= 0.3 is 6.18 Å². The first kappa shape index (κ1) is 20.4. The molecule has 0 unspecified atom stereocenters. The van der Waals surface area contributed by atoms with E-state index in [9.17, 15) is 22.8 Å². The van der Waals surface area contributed by atoms with E-state index >= 15 is 0 Å². The molecule has 0 aliphatic carbocycles. The fourth-order valence-corrected chi connectivity index (χ4v) is 3.20. The van der Waals surface area contributed by atoms with Gasteiger partial charge in [0.15, 0.2) is 0 Å². The fourth-order valence-electron chi connectivity index (χ4n) is 3.20. The van der Waals surface area contributed by atoms with E-state index in [0.717, 1.165) is 0 Å². The van der Waals surface area contributed by atoms with Crippen LogP contribution in [0.3, 0.4) is 0 Å². The molecule has 29 heavy (non-hydrogen) atoms. The second-order valence-electron chi connectivity index (χ2n) is 6.76. The van der Waals surface area contributed by atoms with Gasteiger partial charge in [0.1, 0.15) is 12.2 Å². The average molecular weight is 405 g/mol. The van der Waals surface area contributed by atoms with Gasteiger partial charge in [-0.05, 0) is 43.2 Å². The highest BCUT2D eigenvalue weighted by atomic mass is 19.4. The molecule has 1 aliphatic heterocycles. The summed E-state index contributed by atoms with van der Waals surface area (Å²) in [7, 11) is 0. The van der Waals surface area contributed by atoms with Crippen molar-refractivity contribution in [3.8, 4) is 6.07 Å². The third kappa shape index (κ3) is 5.13. The van der Waals surface area contributed by atoms with Gasteiger partial charge in [0.05, 0.1) is 11.6 Å². The number of nitrogens with zero attached hydrogens (tertiary/aromatic N) is 3. The van der Waals surface area contributed by atoms with Crippen molar-refractivity contribution >= 4 is 11.8 Å². The maximum atomic E-state index is 12.6. The van der Waals surface area contributed by atoms with E-state index in [1.807, 2.05) is 6.07 Å². The predicted octanol–water partition coefficient (Wildman–Crippen LogP) is 2.59. The van der Waals surface area contributed by atoms with Gasteiger partial charge in [-0.15, -0.1) is 0 Å². The molecule has 1 aromatic carbocycles. The van der Waals surface area contributed by atoms with Crippen molar-refractivity contribution in [3.05, 3.63) is 52.8 Å². The molecular weight excluding hydrogens is 387 g/mol. The van der Waals surface area contributed by atoms with Crippen molar-refractivity contribution < 1.29 is 22.8 Å². The summed E-state index contributed by atoms with van der Waals surface area (Å²) in [6.07, 6.45) is -3.22. The monoisotopic (exact) mass is 405 g/mol. The Balaban J connectivity index is 1.55. The van der Waals surface area contributed by atoms with Crippen molar-refractivity contribution in [2.75, 3.05) is 19.6 Å². The lowest BCUT2D eigenvalue weighted by atomic mass is 9.93. The quantitative estimate of drug-likeness (QED) is 0.816. The molecule has 2 heterocycles. The molecular formula is C19H18F3N5O2. The van der Waals surface area contributed by atoms with E-state index in [1.54, 1.807) is 34.5 Å². The minimum absolute atomic E-state index is 0.0247. The molecule has 1 aliphatic rings. The zero-order valence-corrected chi connectivity index (χ0v) is 15.3. The minimum atomic E-state index is -4.48. The van der Waals surface area contributed by atoms with Crippen LogP contribution in [0.15, 0.2) is 30.3 Å². The fraction of sp³-hybridized carbons (Fsp3) is 0.368. The first-order valence-electron chi connectivity index (χ1n) is 8.96. The van der Waals surface area contributed by atoms with Crippen LogP contribution < -0.4 is 5.32 Å². The first-order chi connectivity index (χ1) is 13.8. The van der Waals surface area contributed by atoms with Crippen LogP contribution in [0, 0.1) is 11.3 Å². The van der Waals surface area contributed by atoms with Crippen LogP contribution in [-0.4, -0.2) is 52.7 Å². The summed E-state index contributed by atoms with van der Waals surface area (Å²) >= 11 is 0. The molecule has 7 nitrogen and oxygen atoms in total. The Labute approximate surface area is 164 Å². The van der Waals surface area contributed by atoms with Crippen molar-refractivity contribution in [2.45, 2.75) is 24.9 Å². The Hall–Kier alpha value is -3.35. The summed E-state index contributed by atoms with van der Waals surface area (Å²) < 4.78 is 36.6. The van der Waals surface area contributed by atoms with Gasteiger partial charge in [-0.3, -0.25) is 14.7 Å². The zero-order valence-electron chi connectivity index (χ0n) is 15.3. The molecule has 3 rings (SSSR count). The molecule has 0 radical (unpaired) electrons. The Morgan fingerprint density at radius 3 is 2.48 bits per heavy atom. The summed E-state index contributed by atoms with van der Waals surface area (Å²) in [5.41, 5.74) is 1.55. The van der Waals surface area contributed by atoms with Gasteiger partial charge in [0, 0.05) is 30.3 Å². The van der Waals surface area contributed by atoms with Crippen molar-refractivity contribution in [3.63, 3.8) is 0 Å². The van der Waals surface area contributed by atoms with E-state index in [1.165, 1.54) is 6.07 Å². The number of likely N-dealkylation sites (tertiary alicyclic amines) is 1. The maximum Gasteiger partial charge on any atom is 0.405 e. The highest BCUT2D eigenvalue weighted by Gasteiger charge is 2.29. The van der Waals surface area contributed by atoms with Crippen LogP contribution in [0.1, 0.15) is 50.9 Å². The number of carbonyl (C=O) groups excluding carboxylic acids is 2. The zero-order chi connectivity index (χ0) is 21.0. The van der Waals surface area contributed by atoms with Gasteiger partial charge < -0.3 is 10.2 Å². The number of benzene rings is 1. The maximum absolute atomic E-state index is 12.6. The van der Waals surface area contributed by atoms with E-state index in [4.69, 9.17) is 5.26 Å². The number of aromatic amines is 1. The van der Waals surface area contributed by atoms with Gasteiger partial charge in [-0.1, -0.05) is 0 Å². The lowest BCUT2D eigenvalue weighted by molar-refractivity contribution is -0.123. The molecule has 1 saturated heterocycles. The Morgan fingerprint density at radius 2 is 1.90 bits per heavy atom. The van der Waals surface area contributed by atoms with Crippen LogP contribution in [0.5, 0.6) is 0 Å². The molecule has 10 heteroatoms. The largest absolute Gasteiger partial charge is 0.405 e. The molecule has 0 spiro atoms. The Bertz CT molecular complexity index is 923. The van der Waals surface area contributed by atoms with E-state index in [0.29, 0.717) is 42.8 Å². The number of nitrogens with one attached hydrogen (secondary N) is 2. The third-order valence-electron chi connectivity index (χ3n) is 4.76. The number of amides is 2.